The fourth-order valence-electron chi connectivity index (χ4n) is 2.62. The number of hydrogen-bond acceptors (Lipinski definition) is 5. The van der Waals surface area contributed by atoms with Gasteiger partial charge in [0.15, 0.2) is 0 Å². The van der Waals surface area contributed by atoms with E-state index in [1.165, 1.54) is 5.06 Å². The lowest BCUT2D eigenvalue weighted by molar-refractivity contribution is -0.255. The van der Waals surface area contributed by atoms with Crippen LogP contribution in [0.1, 0.15) is 47.5 Å². The first-order valence-corrected chi connectivity index (χ1v) is 7.55. The SMILES string of the molecule is CCO[P@@](=O)(F)OC1CC(C)(C)N(O)C(C)(C)C1. The number of hydrogen-bond donors (Lipinski definition) is 1. The summed E-state index contributed by atoms with van der Waals surface area (Å²) in [6.07, 6.45) is 0.225. The van der Waals surface area contributed by atoms with Crippen molar-refractivity contribution in [3.8, 4) is 0 Å². The summed E-state index contributed by atoms with van der Waals surface area (Å²) in [6.45, 7) is 8.86. The first kappa shape index (κ1) is 16.1. The summed E-state index contributed by atoms with van der Waals surface area (Å²) >= 11 is 0. The van der Waals surface area contributed by atoms with Gasteiger partial charge in [-0.15, -0.1) is 4.20 Å². The first-order chi connectivity index (χ1) is 8.00. The molecule has 1 fully saturated rings. The third-order valence-electron chi connectivity index (χ3n) is 3.16. The molecule has 0 amide bonds. The molecule has 0 aromatic heterocycles. The zero-order chi connectivity index (χ0) is 14.2. The Morgan fingerprint density at radius 2 is 1.78 bits per heavy atom. The van der Waals surface area contributed by atoms with Gasteiger partial charge in [0.05, 0.1) is 12.7 Å². The van der Waals surface area contributed by atoms with Gasteiger partial charge in [-0.2, -0.15) is 5.06 Å². The summed E-state index contributed by atoms with van der Waals surface area (Å²) in [5.41, 5.74) is -1.14. The van der Waals surface area contributed by atoms with Crippen molar-refractivity contribution >= 4 is 7.91 Å². The molecule has 18 heavy (non-hydrogen) atoms. The van der Waals surface area contributed by atoms with Crippen LogP contribution < -0.4 is 0 Å². The number of halogens is 1. The molecule has 1 N–H and O–H groups in total. The third kappa shape index (κ3) is 3.75. The van der Waals surface area contributed by atoms with Gasteiger partial charge in [0, 0.05) is 11.1 Å². The largest absolute Gasteiger partial charge is 0.513 e. The minimum absolute atomic E-state index is 0.000587. The van der Waals surface area contributed by atoms with E-state index < -0.39 is 25.1 Å². The fourth-order valence-corrected chi connectivity index (χ4v) is 3.49. The Morgan fingerprint density at radius 1 is 1.33 bits per heavy atom. The molecule has 0 radical (unpaired) electrons. The van der Waals surface area contributed by atoms with E-state index in [2.05, 4.69) is 4.52 Å². The van der Waals surface area contributed by atoms with E-state index in [-0.39, 0.29) is 6.61 Å². The summed E-state index contributed by atoms with van der Waals surface area (Å²) in [5, 5.41) is 11.3. The number of piperidine rings is 1. The van der Waals surface area contributed by atoms with Crippen LogP contribution in [-0.2, 0) is 13.6 Å². The van der Waals surface area contributed by atoms with Crippen molar-refractivity contribution in [2.45, 2.75) is 64.6 Å². The molecule has 7 heteroatoms. The van der Waals surface area contributed by atoms with E-state index in [1.807, 2.05) is 27.7 Å². The lowest BCUT2D eigenvalue weighted by Crippen LogP contribution is -2.60. The van der Waals surface area contributed by atoms with Crippen LogP contribution in [0.15, 0.2) is 0 Å². The molecule has 0 aromatic carbocycles. The monoisotopic (exact) mass is 283 g/mol. The Kier molecular flexibility index (Phi) is 4.62. The molecule has 1 aliphatic rings. The zero-order valence-corrected chi connectivity index (χ0v) is 12.5. The van der Waals surface area contributed by atoms with Crippen molar-refractivity contribution in [1.29, 1.82) is 0 Å². The normalized spacial score (nSPS) is 27.9. The van der Waals surface area contributed by atoms with Gasteiger partial charge in [-0.1, -0.05) is 0 Å². The van der Waals surface area contributed by atoms with Crippen LogP contribution in [0.2, 0.25) is 0 Å². The highest BCUT2D eigenvalue weighted by molar-refractivity contribution is 7.48. The maximum atomic E-state index is 13.5. The molecule has 0 bridgehead atoms. The zero-order valence-electron chi connectivity index (χ0n) is 11.6. The first-order valence-electron chi connectivity index (χ1n) is 6.12. The number of hydroxylamine groups is 2. The lowest BCUT2D eigenvalue weighted by Gasteiger charge is -2.51. The van der Waals surface area contributed by atoms with E-state index in [0.717, 1.165) is 0 Å². The van der Waals surface area contributed by atoms with Gasteiger partial charge in [-0.3, -0.25) is 9.05 Å². The average molecular weight is 283 g/mol. The van der Waals surface area contributed by atoms with Gasteiger partial charge >= 0.3 is 7.91 Å². The Labute approximate surface area is 108 Å². The van der Waals surface area contributed by atoms with Crippen molar-refractivity contribution in [2.75, 3.05) is 6.61 Å². The van der Waals surface area contributed by atoms with E-state index >= 15 is 0 Å². The Bertz CT molecular complexity index is 330. The van der Waals surface area contributed by atoms with E-state index in [4.69, 9.17) is 4.52 Å². The predicted octanol–water partition coefficient (Wildman–Crippen LogP) is 3.53. The second-order valence-corrected chi connectivity index (χ2v) is 7.25. The van der Waals surface area contributed by atoms with Gasteiger partial charge in [0.1, 0.15) is 0 Å². The summed E-state index contributed by atoms with van der Waals surface area (Å²) in [7, 11) is -4.49. The molecule has 108 valence electrons. The Hall–Kier alpha value is -0.0000000000000000139. The molecular formula is C11H23FNO4P. The van der Waals surface area contributed by atoms with Crippen LogP contribution in [0, 0.1) is 0 Å². The van der Waals surface area contributed by atoms with Gasteiger partial charge in [-0.05, 0) is 47.5 Å². The van der Waals surface area contributed by atoms with E-state index in [0.29, 0.717) is 12.8 Å². The van der Waals surface area contributed by atoms with Crippen molar-refractivity contribution in [1.82, 2.24) is 5.06 Å². The van der Waals surface area contributed by atoms with Gasteiger partial charge < -0.3 is 5.21 Å². The molecule has 1 aliphatic heterocycles. The number of nitrogens with zero attached hydrogens (tertiary/aromatic N) is 1. The van der Waals surface area contributed by atoms with Crippen LogP contribution in [-0.4, -0.2) is 34.1 Å². The maximum Gasteiger partial charge on any atom is 0.513 e. The van der Waals surface area contributed by atoms with Crippen molar-refractivity contribution < 1.29 is 23.0 Å². The van der Waals surface area contributed by atoms with Crippen molar-refractivity contribution in [3.05, 3.63) is 0 Å². The lowest BCUT2D eigenvalue weighted by atomic mass is 9.80. The van der Waals surface area contributed by atoms with Crippen molar-refractivity contribution in [3.63, 3.8) is 0 Å². The summed E-state index contributed by atoms with van der Waals surface area (Å²) in [4.78, 5) is 0. The van der Waals surface area contributed by atoms with Gasteiger partial charge in [0.2, 0.25) is 0 Å². The molecule has 1 heterocycles. The van der Waals surface area contributed by atoms with Crippen LogP contribution in [0.3, 0.4) is 0 Å². The molecule has 5 nitrogen and oxygen atoms in total. The summed E-state index contributed by atoms with van der Waals surface area (Å²) in [6, 6.07) is 0. The minimum Gasteiger partial charge on any atom is -0.313 e. The highest BCUT2D eigenvalue weighted by Crippen LogP contribution is 2.53. The summed E-state index contributed by atoms with van der Waals surface area (Å²) < 4.78 is 34.4. The molecule has 0 aromatic rings. The molecule has 1 rings (SSSR count). The highest BCUT2D eigenvalue weighted by atomic mass is 31.2. The fraction of sp³-hybridized carbons (Fsp3) is 1.00. The second-order valence-electron chi connectivity index (χ2n) is 5.92. The predicted molar refractivity (Wildman–Crippen MR) is 66.2 cm³/mol. The average Bonchev–Trinajstić information content (AvgIpc) is 2.11. The molecule has 1 atom stereocenters. The molecular weight excluding hydrogens is 260 g/mol. The summed E-state index contributed by atoms with van der Waals surface area (Å²) in [5.74, 6) is 0. The maximum absolute atomic E-state index is 13.5. The molecule has 0 unspecified atom stereocenters. The third-order valence-corrected chi connectivity index (χ3v) is 4.28. The van der Waals surface area contributed by atoms with Gasteiger partial charge in [-0.25, -0.2) is 4.57 Å². The highest BCUT2D eigenvalue weighted by Gasteiger charge is 2.47. The molecule has 1 saturated heterocycles. The van der Waals surface area contributed by atoms with Crippen LogP contribution >= 0.6 is 7.91 Å². The quantitative estimate of drug-likeness (QED) is 0.800. The van der Waals surface area contributed by atoms with E-state index in [1.54, 1.807) is 6.92 Å². The van der Waals surface area contributed by atoms with Crippen LogP contribution in [0.4, 0.5) is 4.20 Å². The molecule has 0 saturated carbocycles. The molecule has 0 spiro atoms. The van der Waals surface area contributed by atoms with Crippen LogP contribution in [0.25, 0.3) is 0 Å². The van der Waals surface area contributed by atoms with E-state index in [9.17, 15) is 14.0 Å². The van der Waals surface area contributed by atoms with Crippen molar-refractivity contribution in [2.24, 2.45) is 0 Å². The Balaban J connectivity index is 2.78. The topological polar surface area (TPSA) is 59.0 Å². The van der Waals surface area contributed by atoms with Crippen LogP contribution in [0.5, 0.6) is 0 Å². The second kappa shape index (κ2) is 5.17. The Morgan fingerprint density at radius 3 is 2.17 bits per heavy atom. The standard InChI is InChI=1S/C11H23FNO4P/c1-6-16-18(12,15)17-9-7-10(2,3)13(14)11(4,5)8-9/h9,14H,6-8H2,1-5H3/t18-/m0/s1. The number of rotatable bonds is 4. The van der Waals surface area contributed by atoms with Gasteiger partial charge in [0.25, 0.3) is 0 Å². The smallest absolute Gasteiger partial charge is 0.313 e. The molecule has 0 aliphatic carbocycles. The minimum atomic E-state index is -4.49.